The lowest BCUT2D eigenvalue weighted by molar-refractivity contribution is -0.134. The van der Waals surface area contributed by atoms with Crippen LogP contribution in [0.15, 0.2) is 18.2 Å². The second-order valence-corrected chi connectivity index (χ2v) is 5.21. The minimum absolute atomic E-state index is 0.180. The molecule has 1 unspecified atom stereocenters. The average Bonchev–Trinajstić information content (AvgIpc) is 2.49. The van der Waals surface area contributed by atoms with Crippen LogP contribution in [-0.4, -0.2) is 30.0 Å². The lowest BCUT2D eigenvalue weighted by atomic mass is 10.0. The van der Waals surface area contributed by atoms with Crippen molar-refractivity contribution in [2.75, 3.05) is 0 Å². The van der Waals surface area contributed by atoms with E-state index >= 15 is 0 Å². The van der Waals surface area contributed by atoms with Gasteiger partial charge in [-0.05, 0) is 24.1 Å². The molecule has 7 heteroatoms. The van der Waals surface area contributed by atoms with Crippen molar-refractivity contribution in [2.45, 2.75) is 24.2 Å². The smallest absolute Gasteiger partial charge is 0.252 e. The highest BCUT2D eigenvalue weighted by atomic mass is 79.9. The van der Waals surface area contributed by atoms with Crippen LogP contribution in [0.25, 0.3) is 0 Å². The first-order valence-corrected chi connectivity index (χ1v) is 7.46. The van der Waals surface area contributed by atoms with Gasteiger partial charge < -0.3 is 5.32 Å². The summed E-state index contributed by atoms with van der Waals surface area (Å²) < 4.78 is 0. The minimum atomic E-state index is -0.759. The Morgan fingerprint density at radius 1 is 1.43 bits per heavy atom. The Bertz CT molecular complexity index is 615. The van der Waals surface area contributed by atoms with Crippen LogP contribution in [-0.2, 0) is 14.9 Å². The maximum Gasteiger partial charge on any atom is 0.252 e. The van der Waals surface area contributed by atoms with Gasteiger partial charge in [0, 0.05) is 22.9 Å². The Kier molecular flexibility index (Phi) is 4.85. The highest BCUT2D eigenvalue weighted by molar-refractivity contribution is 9.08. The highest BCUT2D eigenvalue weighted by Gasteiger charge is 2.28. The first-order chi connectivity index (χ1) is 10.0. The summed E-state index contributed by atoms with van der Waals surface area (Å²) in [6.45, 7) is 0. The van der Waals surface area contributed by atoms with Crippen LogP contribution >= 0.6 is 15.9 Å². The lowest BCUT2D eigenvalue weighted by Gasteiger charge is -2.22. The van der Waals surface area contributed by atoms with Crippen LogP contribution in [0.3, 0.4) is 0 Å². The van der Waals surface area contributed by atoms with E-state index in [1.807, 2.05) is 0 Å². The van der Waals surface area contributed by atoms with Crippen LogP contribution in [0.5, 0.6) is 0 Å². The first kappa shape index (κ1) is 15.4. The molecule has 0 saturated carbocycles. The van der Waals surface area contributed by atoms with Crippen LogP contribution in [0.2, 0.25) is 0 Å². The number of benzene rings is 1. The molecule has 1 fully saturated rings. The third-order valence-corrected chi connectivity index (χ3v) is 3.83. The van der Waals surface area contributed by atoms with E-state index in [4.69, 9.17) is 0 Å². The highest BCUT2D eigenvalue weighted by Crippen LogP contribution is 2.14. The van der Waals surface area contributed by atoms with Crippen molar-refractivity contribution >= 4 is 39.9 Å². The minimum Gasteiger partial charge on any atom is -0.340 e. The molecule has 1 heterocycles. The number of piperidine rings is 1. The second kappa shape index (κ2) is 6.62. The molecule has 0 spiro atoms. The van der Waals surface area contributed by atoms with Gasteiger partial charge in [-0.2, -0.15) is 0 Å². The summed E-state index contributed by atoms with van der Waals surface area (Å²) in [5, 5.41) is 5.28. The maximum atomic E-state index is 12.2. The van der Waals surface area contributed by atoms with E-state index in [1.165, 1.54) is 0 Å². The molecule has 0 aromatic heterocycles. The van der Waals surface area contributed by atoms with Gasteiger partial charge in [-0.25, -0.2) is 0 Å². The summed E-state index contributed by atoms with van der Waals surface area (Å²) in [6.07, 6.45) is 1.04. The number of hydrogen-bond acceptors (Lipinski definition) is 4. The monoisotopic (exact) mass is 352 g/mol. The molecule has 1 aliphatic heterocycles. The van der Waals surface area contributed by atoms with Crippen LogP contribution in [0, 0.1) is 0 Å². The van der Waals surface area contributed by atoms with Gasteiger partial charge in [-0.1, -0.05) is 22.0 Å². The molecule has 2 N–H and O–H groups in total. The van der Waals surface area contributed by atoms with Gasteiger partial charge in [0.15, 0.2) is 6.29 Å². The summed E-state index contributed by atoms with van der Waals surface area (Å²) in [5.74, 6) is -1.38. The van der Waals surface area contributed by atoms with Crippen LogP contribution in [0.1, 0.15) is 39.1 Å². The van der Waals surface area contributed by atoms with Crippen molar-refractivity contribution in [3.63, 3.8) is 0 Å². The fraction of sp³-hybridized carbons (Fsp3) is 0.286. The van der Waals surface area contributed by atoms with Crippen LogP contribution < -0.4 is 10.6 Å². The molecule has 1 saturated heterocycles. The van der Waals surface area contributed by atoms with Gasteiger partial charge in [0.05, 0.1) is 0 Å². The molecule has 0 aliphatic carbocycles. The summed E-state index contributed by atoms with van der Waals surface area (Å²) >= 11 is 3.27. The predicted octanol–water partition coefficient (Wildman–Crippen LogP) is 0.929. The quantitative estimate of drug-likeness (QED) is 0.479. The van der Waals surface area contributed by atoms with Crippen molar-refractivity contribution in [3.8, 4) is 0 Å². The zero-order chi connectivity index (χ0) is 15.4. The number of hydrogen-bond donors (Lipinski definition) is 2. The molecular formula is C14H13BrN2O4. The number of aldehydes is 1. The van der Waals surface area contributed by atoms with E-state index in [1.54, 1.807) is 18.2 Å². The van der Waals surface area contributed by atoms with Crippen molar-refractivity contribution < 1.29 is 19.2 Å². The number of carbonyl (C=O) groups is 4. The average molecular weight is 353 g/mol. The number of amides is 3. The molecule has 2 rings (SSSR count). The van der Waals surface area contributed by atoms with Gasteiger partial charge in [-0.15, -0.1) is 0 Å². The number of rotatable bonds is 4. The summed E-state index contributed by atoms with van der Waals surface area (Å²) in [7, 11) is 0. The molecule has 110 valence electrons. The second-order valence-electron chi connectivity index (χ2n) is 4.65. The Morgan fingerprint density at radius 3 is 2.81 bits per heavy atom. The van der Waals surface area contributed by atoms with E-state index < -0.39 is 17.9 Å². The van der Waals surface area contributed by atoms with Gasteiger partial charge in [0.2, 0.25) is 11.8 Å². The molecule has 3 amide bonds. The van der Waals surface area contributed by atoms with Crippen molar-refractivity contribution in [2.24, 2.45) is 0 Å². The van der Waals surface area contributed by atoms with Crippen LogP contribution in [0.4, 0.5) is 0 Å². The molecule has 0 bridgehead atoms. The number of halogens is 1. The maximum absolute atomic E-state index is 12.2. The van der Waals surface area contributed by atoms with Crippen molar-refractivity contribution in [1.82, 2.24) is 10.6 Å². The normalized spacial score (nSPS) is 18.0. The Balaban J connectivity index is 2.15. The zero-order valence-corrected chi connectivity index (χ0v) is 12.6. The van der Waals surface area contributed by atoms with Gasteiger partial charge >= 0.3 is 0 Å². The zero-order valence-electron chi connectivity index (χ0n) is 11.0. The molecule has 21 heavy (non-hydrogen) atoms. The van der Waals surface area contributed by atoms with Gasteiger partial charge in [-0.3, -0.25) is 24.5 Å². The lowest BCUT2D eigenvalue weighted by Crippen LogP contribution is -2.52. The molecule has 6 nitrogen and oxygen atoms in total. The molecular weight excluding hydrogens is 340 g/mol. The Hall–Kier alpha value is -2.02. The van der Waals surface area contributed by atoms with Crippen molar-refractivity contribution in [3.05, 3.63) is 34.9 Å². The standard InChI is InChI=1S/C14H13BrN2O4/c15-6-8-1-2-10(9(5-8)7-18)13(20)16-11-3-4-12(19)17-14(11)21/h1-2,5,7,11H,3-4,6H2,(H,16,20)(H,17,19,21). The fourth-order valence-electron chi connectivity index (χ4n) is 2.07. The van der Waals surface area contributed by atoms with E-state index in [0.29, 0.717) is 11.6 Å². The summed E-state index contributed by atoms with van der Waals surface area (Å²) in [4.78, 5) is 45.9. The number of imide groups is 1. The molecule has 0 radical (unpaired) electrons. The third-order valence-electron chi connectivity index (χ3n) is 3.19. The topological polar surface area (TPSA) is 92.3 Å². The number of carbonyl (C=O) groups excluding carboxylic acids is 4. The number of nitrogens with one attached hydrogen (secondary N) is 2. The van der Waals surface area contributed by atoms with Gasteiger partial charge in [0.25, 0.3) is 5.91 Å². The van der Waals surface area contributed by atoms with E-state index in [2.05, 4.69) is 26.6 Å². The van der Waals surface area contributed by atoms with E-state index in [0.717, 1.165) is 5.56 Å². The molecule has 1 aromatic carbocycles. The third kappa shape index (κ3) is 3.55. The largest absolute Gasteiger partial charge is 0.340 e. The SMILES string of the molecule is O=Cc1cc(CBr)ccc1C(=O)NC1CCC(=O)NC1=O. The predicted molar refractivity (Wildman–Crippen MR) is 78.1 cm³/mol. The number of alkyl halides is 1. The Labute approximate surface area is 129 Å². The first-order valence-electron chi connectivity index (χ1n) is 6.33. The fourth-order valence-corrected chi connectivity index (χ4v) is 2.42. The molecule has 1 aromatic rings. The van der Waals surface area contributed by atoms with E-state index in [-0.39, 0.29) is 29.9 Å². The summed E-state index contributed by atoms with van der Waals surface area (Å²) in [6, 6.07) is 4.12. The van der Waals surface area contributed by atoms with E-state index in [9.17, 15) is 19.2 Å². The Morgan fingerprint density at radius 2 is 2.19 bits per heavy atom. The summed E-state index contributed by atoms with van der Waals surface area (Å²) in [5.41, 5.74) is 1.34. The molecule has 1 aliphatic rings. The van der Waals surface area contributed by atoms with Gasteiger partial charge in [0.1, 0.15) is 6.04 Å². The van der Waals surface area contributed by atoms with Crippen molar-refractivity contribution in [1.29, 1.82) is 0 Å². The molecule has 1 atom stereocenters.